The number of carbonyl (C=O) groups is 1. The lowest BCUT2D eigenvalue weighted by Crippen LogP contribution is -2.42. The average Bonchev–Trinajstić information content (AvgIpc) is 2.16. The molecule has 0 spiro atoms. The number of methoxy groups -OCH3 is 1. The first-order valence-electron chi connectivity index (χ1n) is 4.45. The second kappa shape index (κ2) is 4.58. The van der Waals surface area contributed by atoms with Gasteiger partial charge in [0.15, 0.2) is 0 Å². The van der Waals surface area contributed by atoms with E-state index >= 15 is 0 Å². The zero-order chi connectivity index (χ0) is 9.73. The van der Waals surface area contributed by atoms with Crippen molar-refractivity contribution < 1.29 is 19.0 Å². The van der Waals surface area contributed by atoms with Crippen molar-refractivity contribution in [3.63, 3.8) is 0 Å². The van der Waals surface area contributed by atoms with Crippen molar-refractivity contribution in [1.82, 2.24) is 0 Å². The quantitative estimate of drug-likeness (QED) is 0.613. The fourth-order valence-corrected chi connectivity index (χ4v) is 1.38. The number of carbonyl (C=O) groups excluding carboxylic acids is 1. The van der Waals surface area contributed by atoms with Gasteiger partial charge in [-0.05, 0) is 0 Å². The molecule has 1 aliphatic heterocycles. The molecule has 4 nitrogen and oxygen atoms in total. The molecule has 0 atom stereocenters. The van der Waals surface area contributed by atoms with Gasteiger partial charge in [0.25, 0.3) is 0 Å². The maximum Gasteiger partial charge on any atom is 0.302 e. The molecule has 0 aromatic heterocycles. The molecule has 1 saturated heterocycles. The Morgan fingerprint density at radius 3 is 2.54 bits per heavy atom. The van der Waals surface area contributed by atoms with Crippen LogP contribution in [0.1, 0.15) is 19.8 Å². The van der Waals surface area contributed by atoms with Gasteiger partial charge in [-0.15, -0.1) is 0 Å². The van der Waals surface area contributed by atoms with Crippen LogP contribution in [0.15, 0.2) is 0 Å². The Balaban J connectivity index is 2.42. The zero-order valence-corrected chi connectivity index (χ0v) is 8.17. The van der Waals surface area contributed by atoms with E-state index in [1.807, 2.05) is 0 Å². The third-order valence-corrected chi connectivity index (χ3v) is 2.38. The minimum atomic E-state index is -0.316. The topological polar surface area (TPSA) is 44.8 Å². The molecular formula is C9H16O4. The van der Waals surface area contributed by atoms with Gasteiger partial charge in [0.1, 0.15) is 12.2 Å². The van der Waals surface area contributed by atoms with Gasteiger partial charge in [-0.25, -0.2) is 0 Å². The monoisotopic (exact) mass is 188 g/mol. The van der Waals surface area contributed by atoms with Gasteiger partial charge < -0.3 is 14.2 Å². The van der Waals surface area contributed by atoms with Crippen LogP contribution in [-0.2, 0) is 19.0 Å². The molecule has 0 amide bonds. The summed E-state index contributed by atoms with van der Waals surface area (Å²) in [6.07, 6.45) is 1.58. The SMILES string of the molecule is COC1(COC(C)=O)CCOCC1. The minimum Gasteiger partial charge on any atom is -0.463 e. The van der Waals surface area contributed by atoms with Gasteiger partial charge in [-0.2, -0.15) is 0 Å². The second-order valence-corrected chi connectivity index (χ2v) is 3.28. The highest BCUT2D eigenvalue weighted by molar-refractivity contribution is 5.65. The van der Waals surface area contributed by atoms with Crippen molar-refractivity contribution in [3.05, 3.63) is 0 Å². The van der Waals surface area contributed by atoms with Gasteiger partial charge in [0.05, 0.1) is 0 Å². The van der Waals surface area contributed by atoms with E-state index in [1.165, 1.54) is 6.92 Å². The first-order valence-corrected chi connectivity index (χ1v) is 4.45. The maximum atomic E-state index is 10.6. The van der Waals surface area contributed by atoms with Crippen LogP contribution < -0.4 is 0 Å². The minimum absolute atomic E-state index is 0.261. The van der Waals surface area contributed by atoms with Crippen LogP contribution in [0.25, 0.3) is 0 Å². The summed E-state index contributed by atoms with van der Waals surface area (Å²) in [5.41, 5.74) is -0.316. The normalized spacial score (nSPS) is 21.1. The summed E-state index contributed by atoms with van der Waals surface area (Å²) in [6.45, 7) is 3.09. The smallest absolute Gasteiger partial charge is 0.302 e. The summed E-state index contributed by atoms with van der Waals surface area (Å²) in [4.78, 5) is 10.6. The number of esters is 1. The van der Waals surface area contributed by atoms with Crippen LogP contribution in [0, 0.1) is 0 Å². The lowest BCUT2D eigenvalue weighted by Gasteiger charge is -2.34. The molecule has 0 aromatic carbocycles. The van der Waals surface area contributed by atoms with Crippen LogP contribution in [0.5, 0.6) is 0 Å². The van der Waals surface area contributed by atoms with E-state index in [4.69, 9.17) is 14.2 Å². The predicted octanol–water partition coefficient (Wildman–Crippen LogP) is 0.745. The summed E-state index contributed by atoms with van der Waals surface area (Å²) < 4.78 is 15.5. The van der Waals surface area contributed by atoms with Gasteiger partial charge in [0, 0.05) is 40.1 Å². The number of rotatable bonds is 3. The van der Waals surface area contributed by atoms with Crippen LogP contribution in [0.2, 0.25) is 0 Å². The van der Waals surface area contributed by atoms with Crippen LogP contribution in [0.4, 0.5) is 0 Å². The molecule has 0 N–H and O–H groups in total. The lowest BCUT2D eigenvalue weighted by atomic mass is 9.95. The second-order valence-electron chi connectivity index (χ2n) is 3.28. The van der Waals surface area contributed by atoms with E-state index in [0.29, 0.717) is 19.8 Å². The van der Waals surface area contributed by atoms with Crippen LogP contribution in [-0.4, -0.2) is 38.5 Å². The van der Waals surface area contributed by atoms with E-state index in [9.17, 15) is 4.79 Å². The van der Waals surface area contributed by atoms with Crippen molar-refractivity contribution in [3.8, 4) is 0 Å². The highest BCUT2D eigenvalue weighted by Gasteiger charge is 2.33. The van der Waals surface area contributed by atoms with Crippen molar-refractivity contribution in [2.45, 2.75) is 25.4 Å². The number of hydrogen-bond donors (Lipinski definition) is 0. The van der Waals surface area contributed by atoms with Gasteiger partial charge in [0.2, 0.25) is 0 Å². The van der Waals surface area contributed by atoms with Crippen LogP contribution >= 0.6 is 0 Å². The van der Waals surface area contributed by atoms with Gasteiger partial charge >= 0.3 is 5.97 Å². The first-order chi connectivity index (χ1) is 6.18. The molecule has 0 aromatic rings. The van der Waals surface area contributed by atoms with E-state index in [0.717, 1.165) is 12.8 Å². The highest BCUT2D eigenvalue weighted by atomic mass is 16.6. The van der Waals surface area contributed by atoms with E-state index in [2.05, 4.69) is 0 Å². The van der Waals surface area contributed by atoms with E-state index in [-0.39, 0.29) is 11.6 Å². The standard InChI is InChI=1S/C9H16O4/c1-8(10)13-7-9(11-2)3-5-12-6-4-9/h3-7H2,1-2H3. The molecule has 0 bridgehead atoms. The molecule has 4 heteroatoms. The summed E-state index contributed by atoms with van der Waals surface area (Å²) >= 11 is 0. The van der Waals surface area contributed by atoms with Crippen molar-refractivity contribution in [2.24, 2.45) is 0 Å². The first kappa shape index (κ1) is 10.5. The Hall–Kier alpha value is -0.610. The fraction of sp³-hybridized carbons (Fsp3) is 0.889. The van der Waals surface area contributed by atoms with Crippen molar-refractivity contribution in [1.29, 1.82) is 0 Å². The summed E-state index contributed by atoms with van der Waals surface area (Å²) in [7, 11) is 1.65. The molecule has 0 aliphatic carbocycles. The predicted molar refractivity (Wildman–Crippen MR) is 46.4 cm³/mol. The van der Waals surface area contributed by atoms with Crippen molar-refractivity contribution in [2.75, 3.05) is 26.9 Å². The molecular weight excluding hydrogens is 172 g/mol. The Labute approximate surface area is 78.2 Å². The fourth-order valence-electron chi connectivity index (χ4n) is 1.38. The third-order valence-electron chi connectivity index (χ3n) is 2.38. The van der Waals surface area contributed by atoms with E-state index in [1.54, 1.807) is 7.11 Å². The van der Waals surface area contributed by atoms with Gasteiger partial charge in [-0.3, -0.25) is 4.79 Å². The molecule has 0 unspecified atom stereocenters. The molecule has 13 heavy (non-hydrogen) atoms. The molecule has 1 fully saturated rings. The molecule has 0 saturated carbocycles. The Morgan fingerprint density at radius 2 is 2.08 bits per heavy atom. The number of ether oxygens (including phenoxy) is 3. The molecule has 0 radical (unpaired) electrons. The van der Waals surface area contributed by atoms with Crippen molar-refractivity contribution >= 4 is 5.97 Å². The maximum absolute atomic E-state index is 10.6. The Morgan fingerprint density at radius 1 is 1.46 bits per heavy atom. The molecule has 1 rings (SSSR count). The zero-order valence-electron chi connectivity index (χ0n) is 8.17. The van der Waals surface area contributed by atoms with E-state index < -0.39 is 0 Å². The number of hydrogen-bond acceptors (Lipinski definition) is 4. The lowest BCUT2D eigenvalue weighted by molar-refractivity contribution is -0.160. The third kappa shape index (κ3) is 2.97. The molecule has 1 aliphatic rings. The Bertz CT molecular complexity index is 172. The van der Waals surface area contributed by atoms with Crippen LogP contribution in [0.3, 0.4) is 0 Å². The Kier molecular flexibility index (Phi) is 3.69. The molecule has 76 valence electrons. The average molecular weight is 188 g/mol. The molecule has 1 heterocycles. The summed E-state index contributed by atoms with van der Waals surface area (Å²) in [5.74, 6) is -0.261. The largest absolute Gasteiger partial charge is 0.463 e. The highest BCUT2D eigenvalue weighted by Crippen LogP contribution is 2.24. The summed E-state index contributed by atoms with van der Waals surface area (Å²) in [6, 6.07) is 0. The summed E-state index contributed by atoms with van der Waals surface area (Å²) in [5, 5.41) is 0. The van der Waals surface area contributed by atoms with Gasteiger partial charge in [-0.1, -0.05) is 0 Å².